The van der Waals surface area contributed by atoms with E-state index < -0.39 is 23.0 Å². The van der Waals surface area contributed by atoms with Gasteiger partial charge >= 0.3 is 0 Å². The van der Waals surface area contributed by atoms with Crippen LogP contribution in [0.1, 0.15) is 61.1 Å². The molecule has 0 N–H and O–H groups in total. The third kappa shape index (κ3) is 4.58. The molecule has 4 heterocycles. The molecular weight excluding hydrogens is 564 g/mol. The van der Waals surface area contributed by atoms with Crippen LogP contribution in [0, 0.1) is 0 Å². The van der Waals surface area contributed by atoms with Crippen LogP contribution in [-0.2, 0) is 15.1 Å². The van der Waals surface area contributed by atoms with Crippen LogP contribution >= 0.6 is 35.8 Å². The van der Waals surface area contributed by atoms with Crippen LogP contribution in [-0.4, -0.2) is 26.6 Å². The molecule has 3 atom stereocenters. The molecule has 0 aliphatic carbocycles. The Morgan fingerprint density at radius 2 is 1.77 bits per heavy atom. The van der Waals surface area contributed by atoms with Gasteiger partial charge in [-0.2, -0.15) is 11.3 Å². The molecule has 40 heavy (non-hydrogen) atoms. The molecule has 0 spiro atoms. The van der Waals surface area contributed by atoms with Gasteiger partial charge < -0.3 is 9.47 Å². The zero-order chi connectivity index (χ0) is 28.1. The van der Waals surface area contributed by atoms with Crippen LogP contribution < -0.4 is 9.47 Å². The highest BCUT2D eigenvalue weighted by atomic mass is 35.5. The smallest absolute Gasteiger partial charge is 0.248 e. The molecule has 0 saturated carbocycles. The summed E-state index contributed by atoms with van der Waals surface area (Å²) in [4.78, 5) is 32.6. The number of benzene rings is 2. The molecule has 4 aromatic rings. The number of carbonyl (C=O) groups excluding carboxylic acids is 2. The minimum absolute atomic E-state index is 0.0154. The van der Waals surface area contributed by atoms with E-state index in [-0.39, 0.29) is 18.3 Å². The first-order valence-corrected chi connectivity index (χ1v) is 14.7. The Bertz CT molecular complexity index is 1590. The molecule has 3 unspecified atom stereocenters. The Hall–Kier alpha value is -3.33. The Balaban J connectivity index is 1.40. The fraction of sp³-hybridized carbons (Fsp3) is 0.258. The number of amides is 1. The second-order valence-corrected chi connectivity index (χ2v) is 12.3. The lowest BCUT2D eigenvalue weighted by atomic mass is 9.75. The number of rotatable bonds is 5. The van der Waals surface area contributed by atoms with Crippen molar-refractivity contribution < 1.29 is 19.1 Å². The van der Waals surface area contributed by atoms with Gasteiger partial charge in [0.1, 0.15) is 28.9 Å². The fourth-order valence-electron chi connectivity index (χ4n) is 5.66. The summed E-state index contributed by atoms with van der Waals surface area (Å²) >= 11 is 12.6. The summed E-state index contributed by atoms with van der Waals surface area (Å²) < 4.78 is 14.0. The summed E-state index contributed by atoms with van der Waals surface area (Å²) in [5, 5.41) is 4.20. The Morgan fingerprint density at radius 3 is 2.52 bits per heavy atom. The van der Waals surface area contributed by atoms with Crippen LogP contribution in [0.25, 0.3) is 0 Å². The number of thiol groups is 1. The number of halogens is 1. The second kappa shape index (κ2) is 10.3. The van der Waals surface area contributed by atoms with E-state index in [9.17, 15) is 9.59 Å². The summed E-state index contributed by atoms with van der Waals surface area (Å²) in [6.45, 7) is 4.06. The maximum absolute atomic E-state index is 13.9. The molecule has 1 amide bonds. The number of ether oxygens (including phenoxy) is 2. The first-order valence-electron chi connectivity index (χ1n) is 12.9. The molecule has 204 valence electrons. The van der Waals surface area contributed by atoms with Crippen molar-refractivity contribution in [3.05, 3.63) is 111 Å². The van der Waals surface area contributed by atoms with Crippen molar-refractivity contribution >= 4 is 47.4 Å². The van der Waals surface area contributed by atoms with E-state index in [4.69, 9.17) is 38.9 Å². The molecule has 2 aliphatic rings. The van der Waals surface area contributed by atoms with Crippen molar-refractivity contribution in [1.82, 2.24) is 9.29 Å². The Labute approximate surface area is 247 Å². The zero-order valence-electron chi connectivity index (χ0n) is 21.9. The highest BCUT2D eigenvalue weighted by Crippen LogP contribution is 2.48. The summed E-state index contributed by atoms with van der Waals surface area (Å²) in [5.41, 5.74) is 1.03. The number of piperidine rings is 1. The third-order valence-electron chi connectivity index (χ3n) is 7.52. The molecule has 2 aromatic carbocycles. The maximum atomic E-state index is 13.9. The molecule has 2 aliphatic heterocycles. The Kier molecular flexibility index (Phi) is 6.89. The number of thiophene rings is 1. The van der Waals surface area contributed by atoms with Crippen molar-refractivity contribution in [2.45, 2.75) is 49.9 Å². The molecule has 2 aromatic heterocycles. The lowest BCUT2D eigenvalue weighted by Gasteiger charge is -2.45. The van der Waals surface area contributed by atoms with E-state index >= 15 is 0 Å². The molecule has 0 bridgehead atoms. The third-order valence-corrected chi connectivity index (χ3v) is 9.09. The number of ketones is 1. The van der Waals surface area contributed by atoms with Crippen molar-refractivity contribution in [2.75, 3.05) is 0 Å². The van der Waals surface area contributed by atoms with E-state index in [1.807, 2.05) is 67.1 Å². The summed E-state index contributed by atoms with van der Waals surface area (Å²) in [7, 11) is 0. The number of Topliss-reactive ketones (excluding diaryl/α,β-unsaturated/α-hetero) is 1. The van der Waals surface area contributed by atoms with Crippen molar-refractivity contribution in [2.24, 2.45) is 0 Å². The van der Waals surface area contributed by atoms with E-state index in [1.54, 1.807) is 30.3 Å². The monoisotopic (exact) mass is 590 g/mol. The lowest BCUT2D eigenvalue weighted by Crippen LogP contribution is -2.54. The molecule has 1 saturated heterocycles. The minimum Gasteiger partial charge on any atom is -0.487 e. The van der Waals surface area contributed by atoms with E-state index in [0.717, 1.165) is 16.9 Å². The number of hydrogen-bond acceptors (Lipinski definition) is 7. The summed E-state index contributed by atoms with van der Waals surface area (Å²) in [6.07, 6.45) is 0.324. The second-order valence-electron chi connectivity index (χ2n) is 10.7. The van der Waals surface area contributed by atoms with Crippen molar-refractivity contribution in [3.8, 4) is 11.6 Å². The van der Waals surface area contributed by atoms with Crippen LogP contribution in [0.3, 0.4) is 0 Å². The number of pyridine rings is 1. The summed E-state index contributed by atoms with van der Waals surface area (Å²) in [5.74, 6) is -0.571. The number of para-hydroxylation sites is 1. The Morgan fingerprint density at radius 1 is 1.02 bits per heavy atom. The van der Waals surface area contributed by atoms with E-state index in [0.29, 0.717) is 28.6 Å². The van der Waals surface area contributed by atoms with Crippen LogP contribution in [0.4, 0.5) is 0 Å². The van der Waals surface area contributed by atoms with Gasteiger partial charge in [-0.05, 0) is 60.0 Å². The largest absolute Gasteiger partial charge is 0.487 e. The normalized spacial score (nSPS) is 23.9. The van der Waals surface area contributed by atoms with Crippen LogP contribution in [0.2, 0.25) is 5.02 Å². The average molecular weight is 591 g/mol. The number of carbonyl (C=O) groups is 2. The molecule has 0 radical (unpaired) electrons. The number of hydrogen-bond donors (Lipinski definition) is 1. The molecule has 6 rings (SSSR count). The lowest BCUT2D eigenvalue weighted by molar-refractivity contribution is -0.142. The van der Waals surface area contributed by atoms with Crippen molar-refractivity contribution in [3.63, 3.8) is 0 Å². The highest BCUT2D eigenvalue weighted by Gasteiger charge is 2.54. The van der Waals surface area contributed by atoms with Gasteiger partial charge in [0, 0.05) is 29.5 Å². The fourth-order valence-corrected chi connectivity index (χ4v) is 7.03. The molecular formula is C31H27ClN2O4S2. The quantitative estimate of drug-likeness (QED) is 0.197. The summed E-state index contributed by atoms with van der Waals surface area (Å²) in [6, 6.07) is 22.1. The minimum atomic E-state index is -1.22. The van der Waals surface area contributed by atoms with Gasteiger partial charge in [-0.1, -0.05) is 66.9 Å². The standard InChI is InChI=1S/C31H27ClN2O4S2/c1-30(2)17-25(21-9-4-6-11-24(21)38-30)37-27-13-7-12-26(33-27)31(19-14-15-40-18-19)16-23(35)28(29(36)34(31)39)20-8-3-5-10-22(20)32/h3-15,18,25,28,39H,16-17H2,1-2H3. The van der Waals surface area contributed by atoms with E-state index in [2.05, 4.69) is 0 Å². The van der Waals surface area contributed by atoms with Gasteiger partial charge in [-0.15, -0.1) is 0 Å². The molecule has 9 heteroatoms. The van der Waals surface area contributed by atoms with Gasteiger partial charge in [0.25, 0.3) is 0 Å². The average Bonchev–Trinajstić information content (AvgIpc) is 3.47. The molecule has 6 nitrogen and oxygen atoms in total. The predicted molar refractivity (Wildman–Crippen MR) is 158 cm³/mol. The van der Waals surface area contributed by atoms with Crippen molar-refractivity contribution in [1.29, 1.82) is 0 Å². The van der Waals surface area contributed by atoms with Gasteiger partial charge in [0.2, 0.25) is 11.8 Å². The van der Waals surface area contributed by atoms with Gasteiger partial charge in [-0.3, -0.25) is 13.9 Å². The first-order chi connectivity index (χ1) is 19.2. The topological polar surface area (TPSA) is 68.7 Å². The van der Waals surface area contributed by atoms with Gasteiger partial charge in [0.05, 0.1) is 5.69 Å². The SMILES string of the molecule is CC1(C)CC(Oc2cccc(C3(c4ccsc4)CC(=O)C(c4ccccc4Cl)C(=O)N3S)n2)c2ccccc2O1. The number of aromatic nitrogens is 1. The van der Waals surface area contributed by atoms with Gasteiger partial charge in [0.15, 0.2) is 5.78 Å². The number of nitrogens with zero attached hydrogens (tertiary/aromatic N) is 2. The van der Waals surface area contributed by atoms with Crippen LogP contribution in [0.15, 0.2) is 83.6 Å². The molecule has 1 fully saturated rings. The van der Waals surface area contributed by atoms with Gasteiger partial charge in [-0.25, -0.2) is 4.98 Å². The van der Waals surface area contributed by atoms with Crippen LogP contribution in [0.5, 0.6) is 11.6 Å². The van der Waals surface area contributed by atoms with E-state index in [1.165, 1.54) is 15.6 Å². The highest BCUT2D eigenvalue weighted by molar-refractivity contribution is 7.78. The maximum Gasteiger partial charge on any atom is 0.248 e. The predicted octanol–water partition coefficient (Wildman–Crippen LogP) is 7.15. The first kappa shape index (κ1) is 26.9. The number of fused-ring (bicyclic) bond motifs is 1. The zero-order valence-corrected chi connectivity index (χ0v) is 24.4.